The second kappa shape index (κ2) is 8.96. The molecule has 164 valence electrons. The van der Waals surface area contributed by atoms with Crippen LogP contribution in [0.2, 0.25) is 5.02 Å². The Morgan fingerprint density at radius 1 is 1.30 bits per heavy atom. The van der Waals surface area contributed by atoms with Crippen LogP contribution in [0.5, 0.6) is 5.75 Å². The minimum absolute atomic E-state index is 0.0594. The lowest BCUT2D eigenvalue weighted by molar-refractivity contribution is -0.199. The van der Waals surface area contributed by atoms with E-state index in [4.69, 9.17) is 16.3 Å². The van der Waals surface area contributed by atoms with Crippen LogP contribution in [0, 0.1) is 0 Å². The first-order valence-corrected chi connectivity index (χ1v) is 11.2. The van der Waals surface area contributed by atoms with Crippen LogP contribution in [0.1, 0.15) is 12.8 Å². The van der Waals surface area contributed by atoms with Crippen LogP contribution in [0.4, 0.5) is 18.3 Å². The van der Waals surface area contributed by atoms with E-state index in [2.05, 4.69) is 15.1 Å². The second-order valence-corrected chi connectivity index (χ2v) is 9.12. The largest absolute Gasteiger partial charge is 0.493 e. The minimum atomic E-state index is -5.41. The number of aromatic nitrogens is 1. The van der Waals surface area contributed by atoms with Crippen molar-refractivity contribution >= 4 is 44.1 Å². The van der Waals surface area contributed by atoms with Gasteiger partial charge in [-0.15, -0.1) is 11.3 Å². The van der Waals surface area contributed by atoms with Gasteiger partial charge in [0.05, 0.1) is 9.92 Å². The number of benzene rings is 1. The summed E-state index contributed by atoms with van der Waals surface area (Å²) < 4.78 is 69.2. The van der Waals surface area contributed by atoms with E-state index in [1.165, 1.54) is 11.4 Å². The fourth-order valence-corrected chi connectivity index (χ4v) is 4.87. The van der Waals surface area contributed by atoms with Crippen molar-refractivity contribution in [2.45, 2.75) is 30.0 Å². The molecule has 1 saturated heterocycles. The van der Waals surface area contributed by atoms with E-state index in [1.807, 2.05) is 0 Å². The number of hydrogen-bond donors (Lipinski definition) is 1. The molecule has 1 aliphatic rings. The summed E-state index contributed by atoms with van der Waals surface area (Å²) >= 11 is 6.80. The summed E-state index contributed by atoms with van der Waals surface area (Å²) in [4.78, 5) is 18.5. The maximum atomic E-state index is 12.9. The zero-order chi connectivity index (χ0) is 21.9. The van der Waals surface area contributed by atoms with Gasteiger partial charge in [0.2, 0.25) is 5.13 Å². The molecule has 0 aliphatic carbocycles. The quantitative estimate of drug-likeness (QED) is 0.628. The number of hydrogen-bond acceptors (Lipinski definition) is 8. The van der Waals surface area contributed by atoms with Crippen molar-refractivity contribution in [2.24, 2.45) is 0 Å². The molecular formula is C16H15ClF3N3O5S2. The molecule has 0 amide bonds. The number of sulfonamides is 1. The number of alkyl halides is 3. The highest BCUT2D eigenvalue weighted by Crippen LogP contribution is 2.33. The number of anilines is 1. The fourth-order valence-electron chi connectivity index (χ4n) is 2.55. The Bertz CT molecular complexity index is 996. The molecule has 0 atom stereocenters. The Hall–Kier alpha value is -2.09. The molecule has 0 saturated carbocycles. The zero-order valence-corrected chi connectivity index (χ0v) is 17.4. The molecule has 0 bridgehead atoms. The first-order chi connectivity index (χ1) is 14.1. The molecule has 0 unspecified atom stereocenters. The van der Waals surface area contributed by atoms with Crippen molar-refractivity contribution in [1.82, 2.24) is 10.3 Å². The maximum absolute atomic E-state index is 12.9. The van der Waals surface area contributed by atoms with Gasteiger partial charge in [0, 0.05) is 11.6 Å². The van der Waals surface area contributed by atoms with Crippen LogP contribution >= 0.6 is 22.9 Å². The van der Waals surface area contributed by atoms with Gasteiger partial charge in [-0.05, 0) is 44.1 Å². The van der Waals surface area contributed by atoms with Crippen LogP contribution in [0.3, 0.4) is 0 Å². The number of carbonyl (C=O) groups excluding carboxylic acids is 1. The fraction of sp³-hybridized carbons (Fsp3) is 0.375. The number of halogens is 4. The normalized spacial score (nSPS) is 15.6. The molecule has 30 heavy (non-hydrogen) atoms. The summed E-state index contributed by atoms with van der Waals surface area (Å²) in [5.41, 5.74) is 0. The number of nitrogens with zero attached hydrogens (tertiary/aromatic N) is 2. The summed E-state index contributed by atoms with van der Waals surface area (Å²) in [5, 5.41) is 3.93. The van der Waals surface area contributed by atoms with Gasteiger partial charge in [-0.25, -0.2) is 9.78 Å². The van der Waals surface area contributed by atoms with Crippen LogP contribution in [-0.2, 0) is 19.7 Å². The highest BCUT2D eigenvalue weighted by molar-refractivity contribution is 7.92. The Morgan fingerprint density at radius 2 is 2.00 bits per heavy atom. The van der Waals surface area contributed by atoms with Gasteiger partial charge in [0.25, 0.3) is 10.0 Å². The molecule has 1 aliphatic heterocycles. The van der Waals surface area contributed by atoms with E-state index < -0.39 is 32.2 Å². The Kier molecular flexibility index (Phi) is 6.75. The molecule has 14 heteroatoms. The van der Waals surface area contributed by atoms with Crippen LogP contribution < -0.4 is 14.5 Å². The van der Waals surface area contributed by atoms with Gasteiger partial charge in [-0.2, -0.15) is 21.6 Å². The topological polar surface area (TPSA) is 97.8 Å². The standard InChI is InChI=1S/C16H15ClF3N3O5S2/c17-12-9-11(1-2-13(12)27-10-3-5-21-6-4-10)30(25,26)23(15-22-7-8-29-15)28-14(24)16(18,19)20/h1-2,7-10,21H,3-6H2. The highest BCUT2D eigenvalue weighted by Gasteiger charge is 2.45. The smallest absolute Gasteiger partial charge is 0.489 e. The highest BCUT2D eigenvalue weighted by atomic mass is 35.5. The molecule has 8 nitrogen and oxygen atoms in total. The average molecular weight is 486 g/mol. The molecule has 1 N–H and O–H groups in total. The van der Waals surface area contributed by atoms with Gasteiger partial charge in [-0.1, -0.05) is 16.1 Å². The molecule has 1 aromatic carbocycles. The van der Waals surface area contributed by atoms with Gasteiger partial charge in [0.1, 0.15) is 11.9 Å². The third kappa shape index (κ3) is 5.14. The Balaban J connectivity index is 1.89. The third-order valence-electron chi connectivity index (χ3n) is 3.97. The minimum Gasteiger partial charge on any atom is -0.489 e. The summed E-state index contributed by atoms with van der Waals surface area (Å²) in [6.45, 7) is 1.53. The van der Waals surface area contributed by atoms with Crippen molar-refractivity contribution in [1.29, 1.82) is 0 Å². The third-order valence-corrected chi connectivity index (χ3v) is 6.66. The summed E-state index contributed by atoms with van der Waals surface area (Å²) in [6, 6.07) is 3.40. The summed E-state index contributed by atoms with van der Waals surface area (Å²) in [6.07, 6.45) is -2.89. The summed E-state index contributed by atoms with van der Waals surface area (Å²) in [5.74, 6) is -2.48. The van der Waals surface area contributed by atoms with Crippen molar-refractivity contribution in [3.8, 4) is 5.75 Å². The Morgan fingerprint density at radius 3 is 2.57 bits per heavy atom. The van der Waals surface area contributed by atoms with Crippen LogP contribution in [0.25, 0.3) is 0 Å². The predicted molar refractivity (Wildman–Crippen MR) is 102 cm³/mol. The number of carbonyl (C=O) groups is 1. The molecule has 2 aromatic rings. The van der Waals surface area contributed by atoms with Crippen molar-refractivity contribution < 1.29 is 36.0 Å². The number of piperidine rings is 1. The molecule has 3 rings (SSSR count). The number of thiazole rings is 1. The van der Waals surface area contributed by atoms with E-state index in [0.717, 1.165) is 44.3 Å². The van der Waals surface area contributed by atoms with E-state index in [1.54, 1.807) is 0 Å². The predicted octanol–water partition coefficient (Wildman–Crippen LogP) is 3.14. The maximum Gasteiger partial charge on any atom is 0.493 e. The lowest BCUT2D eigenvalue weighted by Gasteiger charge is -2.24. The van der Waals surface area contributed by atoms with Crippen molar-refractivity contribution in [2.75, 3.05) is 17.6 Å². The van der Waals surface area contributed by atoms with Crippen molar-refractivity contribution in [3.05, 3.63) is 34.8 Å². The van der Waals surface area contributed by atoms with Crippen LogP contribution in [-0.4, -0.2) is 44.7 Å². The van der Waals surface area contributed by atoms with E-state index in [0.29, 0.717) is 11.3 Å². The first-order valence-electron chi connectivity index (χ1n) is 8.50. The Labute approximate surface area is 178 Å². The molecule has 0 radical (unpaired) electrons. The molecule has 1 fully saturated rings. The lowest BCUT2D eigenvalue weighted by Crippen LogP contribution is -2.38. The average Bonchev–Trinajstić information content (AvgIpc) is 3.21. The molecule has 0 spiro atoms. The van der Waals surface area contributed by atoms with Gasteiger partial charge < -0.3 is 14.9 Å². The van der Waals surface area contributed by atoms with Gasteiger partial charge in [0.15, 0.2) is 0 Å². The molecule has 1 aromatic heterocycles. The zero-order valence-electron chi connectivity index (χ0n) is 15.1. The molecular weight excluding hydrogens is 471 g/mol. The lowest BCUT2D eigenvalue weighted by atomic mass is 10.1. The van der Waals surface area contributed by atoms with Crippen LogP contribution in [0.15, 0.2) is 34.7 Å². The number of nitrogens with one attached hydrogen (secondary N) is 1. The van der Waals surface area contributed by atoms with Crippen molar-refractivity contribution in [3.63, 3.8) is 0 Å². The SMILES string of the molecule is O=C(ON(c1nccs1)S(=O)(=O)c1ccc(OC2CCNCC2)c(Cl)c1)C(F)(F)F. The van der Waals surface area contributed by atoms with E-state index in [-0.39, 0.29) is 21.3 Å². The number of rotatable bonds is 6. The van der Waals surface area contributed by atoms with E-state index in [9.17, 15) is 26.4 Å². The monoisotopic (exact) mass is 485 g/mol. The van der Waals surface area contributed by atoms with Gasteiger partial charge in [-0.3, -0.25) is 0 Å². The van der Waals surface area contributed by atoms with E-state index >= 15 is 0 Å². The first kappa shape index (κ1) is 22.6. The molecule has 2 heterocycles. The second-order valence-electron chi connectivity index (χ2n) is 6.08. The summed E-state index contributed by atoms with van der Waals surface area (Å²) in [7, 11) is -4.76. The van der Waals surface area contributed by atoms with Gasteiger partial charge >= 0.3 is 12.1 Å². The number of ether oxygens (including phenoxy) is 1.